The molecule has 0 aliphatic heterocycles. The second-order valence-corrected chi connectivity index (χ2v) is 5.31. The fourth-order valence-electron chi connectivity index (χ4n) is 2.23. The molecule has 0 spiro atoms. The molecule has 122 valence electrons. The maximum Gasteiger partial charge on any atom is 0.258 e. The molecule has 0 aliphatic rings. The molecule has 2 heterocycles. The zero-order valence-corrected chi connectivity index (χ0v) is 13.4. The standard InChI is InChI=1S/C17H17N5O2/c1-11-20-17(24-22-11)14-6-7-18-16(9-14)19-10-13-4-3-5-15(8-13)21-12(2)23/h3-9H,10H2,1-2H3,(H,18,19)(H,21,23). The first-order chi connectivity index (χ1) is 11.6. The number of aromatic nitrogens is 3. The number of nitrogens with one attached hydrogen (secondary N) is 2. The number of pyridine rings is 1. The van der Waals surface area contributed by atoms with Crippen LogP contribution in [0.4, 0.5) is 11.5 Å². The number of carbonyl (C=O) groups is 1. The number of anilines is 2. The summed E-state index contributed by atoms with van der Waals surface area (Å²) in [6.45, 7) is 3.84. The molecule has 0 radical (unpaired) electrons. The van der Waals surface area contributed by atoms with Gasteiger partial charge < -0.3 is 15.2 Å². The lowest BCUT2D eigenvalue weighted by Gasteiger charge is -2.08. The average Bonchev–Trinajstić information content (AvgIpc) is 3.00. The molecule has 7 heteroatoms. The first-order valence-electron chi connectivity index (χ1n) is 7.47. The second-order valence-electron chi connectivity index (χ2n) is 5.31. The Balaban J connectivity index is 1.70. The molecular formula is C17H17N5O2. The van der Waals surface area contributed by atoms with Gasteiger partial charge in [0, 0.05) is 30.9 Å². The Morgan fingerprint density at radius 1 is 1.25 bits per heavy atom. The summed E-state index contributed by atoms with van der Waals surface area (Å²) in [5.74, 6) is 1.66. The van der Waals surface area contributed by atoms with E-state index in [1.807, 2.05) is 36.4 Å². The summed E-state index contributed by atoms with van der Waals surface area (Å²) in [7, 11) is 0. The molecule has 1 amide bonds. The molecular weight excluding hydrogens is 306 g/mol. The minimum absolute atomic E-state index is 0.0932. The van der Waals surface area contributed by atoms with Crippen LogP contribution in [0.2, 0.25) is 0 Å². The quantitative estimate of drug-likeness (QED) is 0.750. The second kappa shape index (κ2) is 6.91. The van der Waals surface area contributed by atoms with Crippen molar-refractivity contribution in [1.82, 2.24) is 15.1 Å². The zero-order chi connectivity index (χ0) is 16.9. The third-order valence-electron chi connectivity index (χ3n) is 3.26. The van der Waals surface area contributed by atoms with Crippen LogP contribution >= 0.6 is 0 Å². The van der Waals surface area contributed by atoms with Crippen molar-refractivity contribution >= 4 is 17.4 Å². The summed E-state index contributed by atoms with van der Waals surface area (Å²) in [6, 6.07) is 11.3. The Morgan fingerprint density at radius 3 is 2.88 bits per heavy atom. The van der Waals surface area contributed by atoms with Crippen LogP contribution in [0.3, 0.4) is 0 Å². The van der Waals surface area contributed by atoms with E-state index in [-0.39, 0.29) is 5.91 Å². The van der Waals surface area contributed by atoms with Crippen molar-refractivity contribution in [3.8, 4) is 11.5 Å². The van der Waals surface area contributed by atoms with Crippen molar-refractivity contribution in [1.29, 1.82) is 0 Å². The average molecular weight is 323 g/mol. The summed E-state index contributed by atoms with van der Waals surface area (Å²) < 4.78 is 5.16. The summed E-state index contributed by atoms with van der Waals surface area (Å²) in [5.41, 5.74) is 2.60. The lowest BCUT2D eigenvalue weighted by molar-refractivity contribution is -0.114. The summed E-state index contributed by atoms with van der Waals surface area (Å²) in [5, 5.41) is 9.80. The van der Waals surface area contributed by atoms with Crippen LogP contribution in [0.15, 0.2) is 47.1 Å². The highest BCUT2D eigenvalue weighted by Gasteiger charge is 2.07. The van der Waals surface area contributed by atoms with Crippen molar-refractivity contribution in [2.45, 2.75) is 20.4 Å². The third kappa shape index (κ3) is 3.95. The van der Waals surface area contributed by atoms with E-state index in [1.165, 1.54) is 6.92 Å². The zero-order valence-electron chi connectivity index (χ0n) is 13.4. The molecule has 0 saturated carbocycles. The normalized spacial score (nSPS) is 10.4. The monoisotopic (exact) mass is 323 g/mol. The fraction of sp³-hybridized carbons (Fsp3) is 0.176. The summed E-state index contributed by atoms with van der Waals surface area (Å²) in [6.07, 6.45) is 1.69. The van der Waals surface area contributed by atoms with E-state index in [0.717, 1.165) is 16.8 Å². The van der Waals surface area contributed by atoms with Gasteiger partial charge in [-0.3, -0.25) is 4.79 Å². The molecule has 0 unspecified atom stereocenters. The van der Waals surface area contributed by atoms with E-state index >= 15 is 0 Å². The van der Waals surface area contributed by atoms with Gasteiger partial charge in [-0.2, -0.15) is 4.98 Å². The van der Waals surface area contributed by atoms with Crippen LogP contribution in [-0.2, 0) is 11.3 Å². The number of amides is 1. The highest BCUT2D eigenvalue weighted by molar-refractivity contribution is 5.88. The van der Waals surface area contributed by atoms with Gasteiger partial charge in [-0.1, -0.05) is 17.3 Å². The smallest absolute Gasteiger partial charge is 0.258 e. The van der Waals surface area contributed by atoms with Crippen molar-refractivity contribution in [2.24, 2.45) is 0 Å². The van der Waals surface area contributed by atoms with Gasteiger partial charge in [0.1, 0.15) is 5.82 Å². The predicted octanol–water partition coefficient (Wildman–Crippen LogP) is 3.01. The van der Waals surface area contributed by atoms with E-state index < -0.39 is 0 Å². The first-order valence-corrected chi connectivity index (χ1v) is 7.47. The van der Waals surface area contributed by atoms with Gasteiger partial charge >= 0.3 is 0 Å². The van der Waals surface area contributed by atoms with Crippen LogP contribution in [-0.4, -0.2) is 21.0 Å². The van der Waals surface area contributed by atoms with Crippen LogP contribution in [0, 0.1) is 6.92 Å². The molecule has 2 aromatic heterocycles. The molecule has 0 fully saturated rings. The van der Waals surface area contributed by atoms with Crippen molar-refractivity contribution in [3.05, 3.63) is 54.0 Å². The van der Waals surface area contributed by atoms with Gasteiger partial charge in [0.2, 0.25) is 5.91 Å². The molecule has 1 aromatic carbocycles. The third-order valence-corrected chi connectivity index (χ3v) is 3.26. The fourth-order valence-corrected chi connectivity index (χ4v) is 2.23. The van der Waals surface area contributed by atoms with Crippen LogP contribution < -0.4 is 10.6 Å². The van der Waals surface area contributed by atoms with Crippen molar-refractivity contribution < 1.29 is 9.32 Å². The van der Waals surface area contributed by atoms with Gasteiger partial charge in [-0.25, -0.2) is 4.98 Å². The highest BCUT2D eigenvalue weighted by Crippen LogP contribution is 2.20. The lowest BCUT2D eigenvalue weighted by atomic mass is 10.2. The Labute approximate surface area is 139 Å². The molecule has 0 bridgehead atoms. The number of hydrogen-bond donors (Lipinski definition) is 2. The Morgan fingerprint density at radius 2 is 2.12 bits per heavy atom. The van der Waals surface area contributed by atoms with Gasteiger partial charge in [0.05, 0.1) is 0 Å². The molecule has 3 aromatic rings. The van der Waals surface area contributed by atoms with E-state index in [2.05, 4.69) is 25.8 Å². The Hall–Kier alpha value is -3.22. The van der Waals surface area contributed by atoms with Crippen LogP contribution in [0.25, 0.3) is 11.5 Å². The number of rotatable bonds is 5. The molecule has 7 nitrogen and oxygen atoms in total. The Kier molecular flexibility index (Phi) is 4.51. The summed E-state index contributed by atoms with van der Waals surface area (Å²) in [4.78, 5) is 19.6. The summed E-state index contributed by atoms with van der Waals surface area (Å²) >= 11 is 0. The van der Waals surface area contributed by atoms with Gasteiger partial charge in [-0.05, 0) is 36.8 Å². The molecule has 24 heavy (non-hydrogen) atoms. The molecule has 0 saturated heterocycles. The van der Waals surface area contributed by atoms with E-state index in [0.29, 0.717) is 24.1 Å². The Bertz CT molecular complexity index is 859. The maximum absolute atomic E-state index is 11.1. The number of aryl methyl sites for hydroxylation is 1. The topological polar surface area (TPSA) is 92.9 Å². The van der Waals surface area contributed by atoms with E-state index in [4.69, 9.17) is 4.52 Å². The molecule has 0 aliphatic carbocycles. The highest BCUT2D eigenvalue weighted by atomic mass is 16.5. The number of nitrogens with zero attached hydrogens (tertiary/aromatic N) is 3. The van der Waals surface area contributed by atoms with Crippen molar-refractivity contribution in [2.75, 3.05) is 10.6 Å². The minimum atomic E-state index is -0.0932. The number of benzene rings is 1. The number of carbonyl (C=O) groups excluding carboxylic acids is 1. The molecule has 2 N–H and O–H groups in total. The SMILES string of the molecule is CC(=O)Nc1cccc(CNc2cc(-c3nc(C)no3)ccn2)c1. The number of hydrogen-bond acceptors (Lipinski definition) is 6. The lowest BCUT2D eigenvalue weighted by Crippen LogP contribution is -2.07. The van der Waals surface area contributed by atoms with Gasteiger partial charge in [0.25, 0.3) is 5.89 Å². The first kappa shape index (κ1) is 15.7. The molecule has 3 rings (SSSR count). The van der Waals surface area contributed by atoms with E-state index in [9.17, 15) is 4.79 Å². The minimum Gasteiger partial charge on any atom is -0.366 e. The largest absolute Gasteiger partial charge is 0.366 e. The predicted molar refractivity (Wildman–Crippen MR) is 90.3 cm³/mol. The van der Waals surface area contributed by atoms with E-state index in [1.54, 1.807) is 13.1 Å². The van der Waals surface area contributed by atoms with Crippen LogP contribution in [0.1, 0.15) is 18.3 Å². The maximum atomic E-state index is 11.1. The van der Waals surface area contributed by atoms with Crippen LogP contribution in [0.5, 0.6) is 0 Å². The van der Waals surface area contributed by atoms with Crippen molar-refractivity contribution in [3.63, 3.8) is 0 Å². The van der Waals surface area contributed by atoms with Gasteiger partial charge in [0.15, 0.2) is 5.82 Å². The van der Waals surface area contributed by atoms with Gasteiger partial charge in [-0.15, -0.1) is 0 Å². The molecule has 0 atom stereocenters.